The lowest BCUT2D eigenvalue weighted by atomic mass is 9.97. The highest BCUT2D eigenvalue weighted by atomic mass is 35.5. The first-order valence-electron chi connectivity index (χ1n) is 6.83. The second-order valence-electron chi connectivity index (χ2n) is 5.90. The van der Waals surface area contributed by atoms with E-state index in [0.29, 0.717) is 40.3 Å². The molecule has 1 N–H and O–H groups in total. The molecule has 1 amide bonds. The van der Waals surface area contributed by atoms with E-state index in [-0.39, 0.29) is 11.3 Å². The molecule has 0 aliphatic heterocycles. The Kier molecular flexibility index (Phi) is 5.08. The van der Waals surface area contributed by atoms with Crippen molar-refractivity contribution in [2.45, 2.75) is 32.6 Å². The maximum atomic E-state index is 12.0. The highest BCUT2D eigenvalue weighted by Gasteiger charge is 2.21. The third-order valence-corrected chi connectivity index (χ3v) is 3.47. The Morgan fingerprint density at radius 3 is 2.64 bits per heavy atom. The van der Waals surface area contributed by atoms with Gasteiger partial charge in [-0.1, -0.05) is 49.1 Å². The van der Waals surface area contributed by atoms with Gasteiger partial charge < -0.3 is 9.84 Å². The smallest absolute Gasteiger partial charge is 0.252 e. The third-order valence-electron chi connectivity index (χ3n) is 2.92. The topological polar surface area (TPSA) is 68.0 Å². The minimum Gasteiger partial charge on any atom is -0.352 e. The van der Waals surface area contributed by atoms with Gasteiger partial charge in [-0.25, -0.2) is 0 Å². The zero-order chi connectivity index (χ0) is 16.3. The predicted octanol–water partition coefficient (Wildman–Crippen LogP) is 3.65. The number of rotatable bonds is 4. The van der Waals surface area contributed by atoms with Crippen LogP contribution in [0.3, 0.4) is 0 Å². The Morgan fingerprint density at radius 1 is 1.32 bits per heavy atom. The van der Waals surface area contributed by atoms with Crippen molar-refractivity contribution < 1.29 is 9.32 Å². The molecule has 0 saturated carbocycles. The van der Waals surface area contributed by atoms with Gasteiger partial charge in [0.05, 0.1) is 10.6 Å². The van der Waals surface area contributed by atoms with Gasteiger partial charge in [-0.2, -0.15) is 4.98 Å². The van der Waals surface area contributed by atoms with Gasteiger partial charge in [0, 0.05) is 23.4 Å². The van der Waals surface area contributed by atoms with Crippen LogP contribution in [0.4, 0.5) is 0 Å². The molecule has 0 fully saturated rings. The zero-order valence-corrected chi connectivity index (χ0v) is 14.1. The molecule has 1 aromatic carbocycles. The Morgan fingerprint density at radius 2 is 2.05 bits per heavy atom. The summed E-state index contributed by atoms with van der Waals surface area (Å²) in [5.74, 6) is 0.878. The largest absolute Gasteiger partial charge is 0.352 e. The van der Waals surface area contributed by atoms with Crippen LogP contribution in [-0.2, 0) is 11.8 Å². The van der Waals surface area contributed by atoms with Crippen molar-refractivity contribution in [2.75, 3.05) is 6.54 Å². The Hall–Kier alpha value is -1.59. The van der Waals surface area contributed by atoms with Gasteiger partial charge in [0.2, 0.25) is 5.89 Å². The standard InChI is InChI=1S/C15H17Cl2N3O2/c1-15(2,3)14-19-12(20-22-14)6-7-18-13(21)10-5-4-9(16)8-11(10)17/h4-5,8H,6-7H2,1-3H3,(H,18,21). The molecule has 7 heteroatoms. The van der Waals surface area contributed by atoms with Gasteiger partial charge in [0.15, 0.2) is 5.82 Å². The molecule has 0 aliphatic carbocycles. The van der Waals surface area contributed by atoms with Crippen LogP contribution < -0.4 is 5.32 Å². The van der Waals surface area contributed by atoms with E-state index >= 15 is 0 Å². The highest BCUT2D eigenvalue weighted by Crippen LogP contribution is 2.21. The molecule has 0 saturated heterocycles. The molecule has 2 aromatic rings. The summed E-state index contributed by atoms with van der Waals surface area (Å²) in [5, 5.41) is 7.48. The fraction of sp³-hybridized carbons (Fsp3) is 0.400. The molecular weight excluding hydrogens is 325 g/mol. The first kappa shape index (κ1) is 16.8. The summed E-state index contributed by atoms with van der Waals surface area (Å²) < 4.78 is 5.19. The van der Waals surface area contributed by atoms with Crippen molar-refractivity contribution in [3.05, 3.63) is 45.5 Å². The van der Waals surface area contributed by atoms with Crippen LogP contribution in [0, 0.1) is 0 Å². The molecule has 2 rings (SSSR count). The molecule has 0 unspecified atom stereocenters. The minimum atomic E-state index is -0.263. The first-order valence-corrected chi connectivity index (χ1v) is 7.59. The number of hydrogen-bond acceptors (Lipinski definition) is 4. The summed E-state index contributed by atoms with van der Waals surface area (Å²) in [6.45, 7) is 6.37. The Balaban J connectivity index is 1.91. The molecule has 1 heterocycles. The third kappa shape index (κ3) is 4.21. The molecule has 0 aliphatic rings. The van der Waals surface area contributed by atoms with Crippen molar-refractivity contribution in [1.29, 1.82) is 0 Å². The number of amides is 1. The fourth-order valence-electron chi connectivity index (χ4n) is 1.72. The molecular formula is C15H17Cl2N3O2. The summed E-state index contributed by atoms with van der Waals surface area (Å²) in [6, 6.07) is 4.75. The molecule has 0 bridgehead atoms. The molecule has 1 aromatic heterocycles. The van der Waals surface area contributed by atoms with Crippen LogP contribution >= 0.6 is 23.2 Å². The molecule has 0 spiro atoms. The van der Waals surface area contributed by atoms with E-state index in [0.717, 1.165) is 0 Å². The second kappa shape index (κ2) is 6.67. The van der Waals surface area contributed by atoms with Gasteiger partial charge in [-0.05, 0) is 18.2 Å². The van der Waals surface area contributed by atoms with Crippen LogP contribution in [0.5, 0.6) is 0 Å². The van der Waals surface area contributed by atoms with E-state index in [1.165, 1.54) is 6.07 Å². The van der Waals surface area contributed by atoms with E-state index in [4.69, 9.17) is 27.7 Å². The van der Waals surface area contributed by atoms with Crippen molar-refractivity contribution in [3.8, 4) is 0 Å². The average molecular weight is 342 g/mol. The molecule has 0 radical (unpaired) electrons. The maximum absolute atomic E-state index is 12.0. The number of nitrogens with zero attached hydrogens (tertiary/aromatic N) is 2. The van der Waals surface area contributed by atoms with Crippen LogP contribution in [0.25, 0.3) is 0 Å². The number of hydrogen-bond donors (Lipinski definition) is 1. The monoisotopic (exact) mass is 341 g/mol. The lowest BCUT2D eigenvalue weighted by molar-refractivity contribution is 0.0954. The number of aromatic nitrogens is 2. The molecule has 0 atom stereocenters. The molecule has 118 valence electrons. The maximum Gasteiger partial charge on any atom is 0.252 e. The van der Waals surface area contributed by atoms with Gasteiger partial charge in [0.25, 0.3) is 5.91 Å². The number of carbonyl (C=O) groups excluding carboxylic acids is 1. The van der Waals surface area contributed by atoms with Gasteiger partial charge in [-0.3, -0.25) is 4.79 Å². The van der Waals surface area contributed by atoms with E-state index < -0.39 is 0 Å². The summed E-state index contributed by atoms with van der Waals surface area (Å²) in [6.07, 6.45) is 0.483. The van der Waals surface area contributed by atoms with Crippen LogP contribution in [0.2, 0.25) is 10.0 Å². The number of halogens is 2. The predicted molar refractivity (Wildman–Crippen MR) is 85.5 cm³/mol. The number of benzene rings is 1. The zero-order valence-electron chi connectivity index (χ0n) is 12.6. The Bertz CT molecular complexity index is 678. The lowest BCUT2D eigenvalue weighted by Crippen LogP contribution is -2.26. The quantitative estimate of drug-likeness (QED) is 0.921. The summed E-state index contributed by atoms with van der Waals surface area (Å²) in [5.41, 5.74) is 0.195. The average Bonchev–Trinajstić information content (AvgIpc) is 2.87. The fourth-order valence-corrected chi connectivity index (χ4v) is 2.21. The highest BCUT2D eigenvalue weighted by molar-refractivity contribution is 6.36. The number of carbonyl (C=O) groups is 1. The van der Waals surface area contributed by atoms with Crippen LogP contribution in [0.1, 0.15) is 42.8 Å². The van der Waals surface area contributed by atoms with E-state index in [1.807, 2.05) is 20.8 Å². The van der Waals surface area contributed by atoms with Gasteiger partial charge in [0.1, 0.15) is 0 Å². The molecule has 22 heavy (non-hydrogen) atoms. The Labute approximate surface area is 139 Å². The SMILES string of the molecule is CC(C)(C)c1nc(CCNC(=O)c2ccc(Cl)cc2Cl)no1. The first-order chi connectivity index (χ1) is 10.3. The van der Waals surface area contributed by atoms with E-state index in [1.54, 1.807) is 12.1 Å². The summed E-state index contributed by atoms with van der Waals surface area (Å²) >= 11 is 11.8. The van der Waals surface area contributed by atoms with E-state index in [2.05, 4.69) is 15.5 Å². The van der Waals surface area contributed by atoms with Crippen LogP contribution in [0.15, 0.2) is 22.7 Å². The molecule has 5 nitrogen and oxygen atoms in total. The summed E-state index contributed by atoms with van der Waals surface area (Å²) in [7, 11) is 0. The lowest BCUT2D eigenvalue weighted by Gasteiger charge is -2.10. The van der Waals surface area contributed by atoms with Gasteiger partial charge >= 0.3 is 0 Å². The minimum absolute atomic E-state index is 0.189. The number of nitrogens with one attached hydrogen (secondary N) is 1. The normalized spacial score (nSPS) is 11.5. The van der Waals surface area contributed by atoms with Crippen molar-refractivity contribution >= 4 is 29.1 Å². The van der Waals surface area contributed by atoms with E-state index in [9.17, 15) is 4.79 Å². The van der Waals surface area contributed by atoms with Crippen molar-refractivity contribution in [1.82, 2.24) is 15.5 Å². The second-order valence-corrected chi connectivity index (χ2v) is 6.74. The summed E-state index contributed by atoms with van der Waals surface area (Å²) in [4.78, 5) is 16.3. The van der Waals surface area contributed by atoms with Crippen LogP contribution in [-0.4, -0.2) is 22.6 Å². The van der Waals surface area contributed by atoms with Crippen molar-refractivity contribution in [3.63, 3.8) is 0 Å². The van der Waals surface area contributed by atoms with Gasteiger partial charge in [-0.15, -0.1) is 0 Å². The van der Waals surface area contributed by atoms with Crippen molar-refractivity contribution in [2.24, 2.45) is 0 Å².